The number of benzene rings is 1. The Hall–Kier alpha value is -1.99. The van der Waals surface area contributed by atoms with Crippen molar-refractivity contribution in [2.45, 2.75) is 48.8 Å². The summed E-state index contributed by atoms with van der Waals surface area (Å²) in [7, 11) is 0. The first-order valence-corrected chi connectivity index (χ1v) is 10.5. The summed E-state index contributed by atoms with van der Waals surface area (Å²) in [5.74, 6) is 0.308. The van der Waals surface area contributed by atoms with E-state index in [1.807, 2.05) is 37.3 Å². The lowest BCUT2D eigenvalue weighted by Gasteiger charge is -2.30. The number of ether oxygens (including phenoxy) is 1. The Kier molecular flexibility index (Phi) is 6.11. The Labute approximate surface area is 177 Å². The number of aliphatic imine (C=N–C) groups is 1. The number of fused-ring (bicyclic) bond motifs is 1. The van der Waals surface area contributed by atoms with Gasteiger partial charge in [0.15, 0.2) is 22.9 Å². The fraction of sp³-hybridized carbons (Fsp3) is 0.474. The Morgan fingerprint density at radius 2 is 2.03 bits per heavy atom. The molecule has 4 rings (SSSR count). The Morgan fingerprint density at radius 1 is 1.27 bits per heavy atom. The molecule has 162 valence electrons. The minimum absolute atomic E-state index is 0.241. The molecule has 11 heteroatoms. The second-order valence-electron chi connectivity index (χ2n) is 7.19. The van der Waals surface area contributed by atoms with E-state index in [1.54, 1.807) is 4.57 Å². The van der Waals surface area contributed by atoms with Gasteiger partial charge in [0.2, 0.25) is 0 Å². The van der Waals surface area contributed by atoms with E-state index in [-0.39, 0.29) is 12.1 Å². The normalized spacial score (nSPS) is 30.3. The molecule has 0 radical (unpaired) electrons. The molecule has 1 aromatic carbocycles. The van der Waals surface area contributed by atoms with Crippen LogP contribution in [0.5, 0.6) is 0 Å². The van der Waals surface area contributed by atoms with Crippen LogP contribution >= 0.6 is 11.9 Å². The highest BCUT2D eigenvalue weighted by Gasteiger charge is 2.47. The highest BCUT2D eigenvalue weighted by atomic mass is 32.2. The number of nitrogens with zero attached hydrogens (tertiary/aromatic N) is 3. The zero-order valence-electron chi connectivity index (χ0n) is 16.3. The molecule has 6 N–H and O–H groups in total. The van der Waals surface area contributed by atoms with Crippen molar-refractivity contribution in [3.05, 3.63) is 41.6 Å². The SMILES string of the molecule is CCNSc1nc2c(n1[C@@H]1O[C@H](CO)[C@@H](O)[C@H]1O)N=CNC2(O)Cc1ccccc1. The van der Waals surface area contributed by atoms with Crippen LogP contribution in [0.2, 0.25) is 0 Å². The van der Waals surface area contributed by atoms with Crippen molar-refractivity contribution in [2.24, 2.45) is 4.99 Å². The van der Waals surface area contributed by atoms with Crippen molar-refractivity contribution in [1.82, 2.24) is 19.6 Å². The summed E-state index contributed by atoms with van der Waals surface area (Å²) >= 11 is 1.20. The van der Waals surface area contributed by atoms with E-state index in [2.05, 4.69) is 20.0 Å². The van der Waals surface area contributed by atoms with E-state index in [9.17, 15) is 20.4 Å². The van der Waals surface area contributed by atoms with Crippen molar-refractivity contribution in [3.8, 4) is 0 Å². The fourth-order valence-electron chi connectivity index (χ4n) is 3.63. The smallest absolute Gasteiger partial charge is 0.187 e. The van der Waals surface area contributed by atoms with Crippen LogP contribution in [0.3, 0.4) is 0 Å². The standard InChI is InChI=1S/C19H25N5O5S/c1-2-22-30-18-23-15-16(24(18)17-14(27)13(26)12(9-25)29-17)20-10-21-19(15,28)8-11-6-4-3-5-7-11/h3-7,10,12-14,17,22,25-28H,2,8-9H2,1H3,(H,20,21)/t12-,13-,14-,17-,19?/m1/s1. The van der Waals surface area contributed by atoms with Crippen LogP contribution in [0, 0.1) is 0 Å². The van der Waals surface area contributed by atoms with Crippen LogP contribution in [0.1, 0.15) is 24.4 Å². The minimum atomic E-state index is -1.52. The average molecular weight is 436 g/mol. The van der Waals surface area contributed by atoms with Crippen LogP contribution < -0.4 is 10.0 Å². The van der Waals surface area contributed by atoms with Crippen molar-refractivity contribution >= 4 is 24.1 Å². The molecule has 0 aliphatic carbocycles. The van der Waals surface area contributed by atoms with Crippen LogP contribution in [-0.4, -0.2) is 67.8 Å². The lowest BCUT2D eigenvalue weighted by atomic mass is 9.98. The Morgan fingerprint density at radius 3 is 2.70 bits per heavy atom. The van der Waals surface area contributed by atoms with E-state index >= 15 is 0 Å². The van der Waals surface area contributed by atoms with E-state index in [1.165, 1.54) is 18.3 Å². The van der Waals surface area contributed by atoms with E-state index < -0.39 is 36.9 Å². The van der Waals surface area contributed by atoms with Gasteiger partial charge in [-0.05, 0) is 17.5 Å². The van der Waals surface area contributed by atoms with Gasteiger partial charge in [0.25, 0.3) is 0 Å². The quantitative estimate of drug-likeness (QED) is 0.325. The summed E-state index contributed by atoms with van der Waals surface area (Å²) < 4.78 is 10.3. The summed E-state index contributed by atoms with van der Waals surface area (Å²) in [6, 6.07) is 9.49. The Bertz CT molecular complexity index is 910. The summed E-state index contributed by atoms with van der Waals surface area (Å²) in [6.07, 6.45) is -2.89. The molecule has 30 heavy (non-hydrogen) atoms. The third-order valence-corrected chi connectivity index (χ3v) is 6.02. The number of hydrogen-bond donors (Lipinski definition) is 6. The van der Waals surface area contributed by atoms with Crippen LogP contribution in [-0.2, 0) is 16.9 Å². The molecule has 0 bridgehead atoms. The Balaban J connectivity index is 1.76. The minimum Gasteiger partial charge on any atom is -0.394 e. The van der Waals surface area contributed by atoms with Crippen molar-refractivity contribution < 1.29 is 25.2 Å². The number of aromatic nitrogens is 2. The average Bonchev–Trinajstić information content (AvgIpc) is 3.25. The van der Waals surface area contributed by atoms with Crippen LogP contribution in [0.4, 0.5) is 5.82 Å². The largest absolute Gasteiger partial charge is 0.394 e. The third kappa shape index (κ3) is 3.73. The molecule has 1 saturated heterocycles. The highest BCUT2D eigenvalue weighted by molar-refractivity contribution is 7.97. The van der Waals surface area contributed by atoms with Gasteiger partial charge in [-0.1, -0.05) is 37.3 Å². The number of imidazole rings is 1. The first kappa shape index (κ1) is 21.2. The lowest BCUT2D eigenvalue weighted by molar-refractivity contribution is -0.0560. The lowest BCUT2D eigenvalue weighted by Crippen LogP contribution is -2.45. The van der Waals surface area contributed by atoms with Gasteiger partial charge < -0.3 is 30.5 Å². The zero-order chi connectivity index (χ0) is 21.3. The van der Waals surface area contributed by atoms with Gasteiger partial charge in [0, 0.05) is 13.0 Å². The van der Waals surface area contributed by atoms with Gasteiger partial charge in [-0.15, -0.1) is 0 Å². The second kappa shape index (κ2) is 8.63. The highest BCUT2D eigenvalue weighted by Crippen LogP contribution is 2.42. The number of rotatable bonds is 7. The number of aliphatic hydroxyl groups is 4. The first-order valence-electron chi connectivity index (χ1n) is 9.70. The molecule has 0 saturated carbocycles. The molecule has 5 atom stereocenters. The molecule has 2 aliphatic heterocycles. The molecule has 1 unspecified atom stereocenters. The van der Waals surface area contributed by atoms with Crippen molar-refractivity contribution in [3.63, 3.8) is 0 Å². The monoisotopic (exact) mass is 435 g/mol. The van der Waals surface area contributed by atoms with Gasteiger partial charge in [-0.3, -0.25) is 9.29 Å². The maximum Gasteiger partial charge on any atom is 0.187 e. The molecular formula is C19H25N5O5S. The number of aliphatic hydroxyl groups excluding tert-OH is 3. The van der Waals surface area contributed by atoms with Gasteiger partial charge in [0.05, 0.1) is 12.9 Å². The summed E-state index contributed by atoms with van der Waals surface area (Å²) in [4.78, 5) is 8.94. The molecule has 1 fully saturated rings. The van der Waals surface area contributed by atoms with E-state index in [4.69, 9.17) is 4.74 Å². The van der Waals surface area contributed by atoms with Gasteiger partial charge in [-0.25, -0.2) is 9.98 Å². The second-order valence-corrected chi connectivity index (χ2v) is 8.05. The fourth-order valence-corrected chi connectivity index (χ4v) is 4.33. The molecular weight excluding hydrogens is 410 g/mol. The molecule has 10 nitrogen and oxygen atoms in total. The maximum atomic E-state index is 11.4. The van der Waals surface area contributed by atoms with Crippen molar-refractivity contribution in [1.29, 1.82) is 0 Å². The number of hydrogen-bond acceptors (Lipinski definition) is 10. The van der Waals surface area contributed by atoms with Gasteiger partial charge in [-0.2, -0.15) is 0 Å². The molecule has 0 amide bonds. The molecule has 0 spiro atoms. The number of nitrogens with one attached hydrogen (secondary N) is 2. The van der Waals surface area contributed by atoms with Gasteiger partial charge in [0.1, 0.15) is 24.0 Å². The summed E-state index contributed by atoms with van der Waals surface area (Å²) in [5, 5.41) is 44.9. The maximum absolute atomic E-state index is 11.4. The summed E-state index contributed by atoms with van der Waals surface area (Å²) in [6.45, 7) is 2.14. The van der Waals surface area contributed by atoms with Gasteiger partial charge >= 0.3 is 0 Å². The zero-order valence-corrected chi connectivity index (χ0v) is 17.2. The topological polar surface area (TPSA) is 144 Å². The molecule has 2 aromatic rings. The first-order chi connectivity index (χ1) is 14.5. The summed E-state index contributed by atoms with van der Waals surface area (Å²) in [5.41, 5.74) is -0.340. The predicted molar refractivity (Wildman–Crippen MR) is 110 cm³/mol. The molecule has 3 heterocycles. The molecule has 2 aliphatic rings. The van der Waals surface area contributed by atoms with E-state index in [0.29, 0.717) is 17.5 Å². The molecule has 1 aromatic heterocycles. The van der Waals surface area contributed by atoms with E-state index in [0.717, 1.165) is 5.56 Å². The van der Waals surface area contributed by atoms with Crippen LogP contribution in [0.15, 0.2) is 40.5 Å². The third-order valence-electron chi connectivity index (χ3n) is 5.12. The predicted octanol–water partition coefficient (Wildman–Crippen LogP) is -0.238. The van der Waals surface area contributed by atoms with Crippen LogP contribution in [0.25, 0.3) is 0 Å². The van der Waals surface area contributed by atoms with Crippen molar-refractivity contribution in [2.75, 3.05) is 13.2 Å².